The van der Waals surface area contributed by atoms with Gasteiger partial charge >= 0.3 is 0 Å². The van der Waals surface area contributed by atoms with Crippen molar-refractivity contribution >= 4 is 5.57 Å². The van der Waals surface area contributed by atoms with Crippen LogP contribution in [0.15, 0.2) is 48.5 Å². The van der Waals surface area contributed by atoms with E-state index in [1.54, 1.807) is 18.2 Å². The molecule has 0 bridgehead atoms. The van der Waals surface area contributed by atoms with Crippen LogP contribution in [-0.2, 0) is 0 Å². The smallest absolute Gasteiger partial charge is 0.133 e. The third-order valence-electron chi connectivity index (χ3n) is 2.98. The molecule has 0 amide bonds. The fraction of sp³-hybridized carbons (Fsp3) is 0.125. The minimum atomic E-state index is -0.584. The van der Waals surface area contributed by atoms with Crippen LogP contribution in [-0.4, -0.2) is 11.7 Å². The molecular weight excluding hydrogens is 246 g/mol. The third-order valence-corrected chi connectivity index (χ3v) is 2.98. The number of aliphatic hydroxyl groups is 1. The summed E-state index contributed by atoms with van der Waals surface area (Å²) in [6.07, 6.45) is 1.70. The molecule has 0 aliphatic rings. The number of rotatable bonds is 3. The van der Waals surface area contributed by atoms with Gasteiger partial charge < -0.3 is 5.11 Å². The van der Waals surface area contributed by atoms with E-state index in [9.17, 15) is 8.78 Å². The molecule has 0 saturated carbocycles. The molecule has 98 valence electrons. The van der Waals surface area contributed by atoms with Gasteiger partial charge in [-0.25, -0.2) is 8.78 Å². The molecule has 1 nitrogen and oxygen atoms in total. The van der Waals surface area contributed by atoms with Gasteiger partial charge in [0.2, 0.25) is 0 Å². The predicted octanol–water partition coefficient (Wildman–Crippen LogP) is 4.03. The maximum atomic E-state index is 13.6. The van der Waals surface area contributed by atoms with Gasteiger partial charge in [0, 0.05) is 11.6 Å². The molecule has 0 spiro atoms. The highest BCUT2D eigenvalue weighted by Gasteiger charge is 2.06. The highest BCUT2D eigenvalue weighted by Crippen LogP contribution is 2.25. The first kappa shape index (κ1) is 13.4. The van der Waals surface area contributed by atoms with Gasteiger partial charge in [0.15, 0.2) is 0 Å². The molecule has 0 atom stereocenters. The summed E-state index contributed by atoms with van der Waals surface area (Å²) in [7, 11) is 0. The van der Waals surface area contributed by atoms with Crippen molar-refractivity contribution in [2.24, 2.45) is 0 Å². The fourth-order valence-electron chi connectivity index (χ4n) is 1.89. The Morgan fingerprint density at radius 3 is 2.37 bits per heavy atom. The molecule has 2 aromatic carbocycles. The fourth-order valence-corrected chi connectivity index (χ4v) is 1.89. The summed E-state index contributed by atoms with van der Waals surface area (Å²) in [6, 6.07) is 10.8. The van der Waals surface area contributed by atoms with Crippen LogP contribution in [0.25, 0.3) is 16.7 Å². The normalized spacial score (nSPS) is 11.7. The van der Waals surface area contributed by atoms with E-state index in [4.69, 9.17) is 5.11 Å². The molecule has 3 heteroatoms. The van der Waals surface area contributed by atoms with E-state index < -0.39 is 11.6 Å². The monoisotopic (exact) mass is 260 g/mol. The third kappa shape index (κ3) is 3.06. The topological polar surface area (TPSA) is 20.2 Å². The second kappa shape index (κ2) is 5.76. The van der Waals surface area contributed by atoms with Gasteiger partial charge in [-0.15, -0.1) is 0 Å². The van der Waals surface area contributed by atoms with Crippen LogP contribution in [0.3, 0.4) is 0 Å². The van der Waals surface area contributed by atoms with Crippen LogP contribution in [0, 0.1) is 11.6 Å². The number of aliphatic hydroxyl groups excluding tert-OH is 1. The Hall–Kier alpha value is -2.00. The molecule has 0 saturated heterocycles. The average Bonchev–Trinajstić information content (AvgIpc) is 2.39. The Morgan fingerprint density at radius 1 is 1.11 bits per heavy atom. The standard InChI is InChI=1S/C16H14F2O/c1-11(8-9-19)12-2-4-13(5-3-12)15-7-6-14(17)10-16(15)18/h2-8,10,19H,9H2,1H3. The van der Waals surface area contributed by atoms with Gasteiger partial charge in [0.25, 0.3) is 0 Å². The minimum absolute atomic E-state index is 0.0137. The lowest BCUT2D eigenvalue weighted by Crippen LogP contribution is -1.87. The summed E-state index contributed by atoms with van der Waals surface area (Å²) >= 11 is 0. The molecular formula is C16H14F2O. The van der Waals surface area contributed by atoms with Crippen molar-refractivity contribution in [2.45, 2.75) is 6.92 Å². The average molecular weight is 260 g/mol. The zero-order valence-electron chi connectivity index (χ0n) is 10.5. The van der Waals surface area contributed by atoms with Crippen molar-refractivity contribution < 1.29 is 13.9 Å². The van der Waals surface area contributed by atoms with Gasteiger partial charge in [-0.1, -0.05) is 30.3 Å². The second-order valence-corrected chi connectivity index (χ2v) is 4.27. The first-order valence-electron chi connectivity index (χ1n) is 5.95. The lowest BCUT2D eigenvalue weighted by molar-refractivity contribution is 0.343. The number of allylic oxidation sites excluding steroid dienone is 1. The first-order chi connectivity index (χ1) is 9.11. The van der Waals surface area contributed by atoms with Crippen LogP contribution in [0.1, 0.15) is 12.5 Å². The molecule has 0 aliphatic heterocycles. The lowest BCUT2D eigenvalue weighted by atomic mass is 10.0. The largest absolute Gasteiger partial charge is 0.392 e. The zero-order valence-corrected chi connectivity index (χ0v) is 10.5. The summed E-state index contributed by atoms with van der Waals surface area (Å²) < 4.78 is 26.5. The number of benzene rings is 2. The highest BCUT2D eigenvalue weighted by atomic mass is 19.1. The molecule has 0 radical (unpaired) electrons. The number of hydrogen-bond acceptors (Lipinski definition) is 1. The van der Waals surface area contributed by atoms with Crippen LogP contribution >= 0.6 is 0 Å². The Labute approximate surface area is 110 Å². The van der Waals surface area contributed by atoms with Gasteiger partial charge in [-0.3, -0.25) is 0 Å². The van der Waals surface area contributed by atoms with Crippen LogP contribution in [0.5, 0.6) is 0 Å². The Bertz CT molecular complexity index is 601. The van der Waals surface area contributed by atoms with Crippen LogP contribution < -0.4 is 0 Å². The summed E-state index contributed by atoms with van der Waals surface area (Å²) in [5.74, 6) is -1.16. The summed E-state index contributed by atoms with van der Waals surface area (Å²) in [4.78, 5) is 0. The van der Waals surface area contributed by atoms with E-state index in [1.165, 1.54) is 12.1 Å². The Balaban J connectivity index is 2.35. The molecule has 0 fully saturated rings. The number of halogens is 2. The molecule has 0 heterocycles. The molecule has 19 heavy (non-hydrogen) atoms. The van der Waals surface area contributed by atoms with Crippen LogP contribution in [0.4, 0.5) is 8.78 Å². The van der Waals surface area contributed by atoms with Gasteiger partial charge in [-0.2, -0.15) is 0 Å². The van der Waals surface area contributed by atoms with E-state index in [1.807, 2.05) is 19.1 Å². The molecule has 2 aromatic rings. The minimum Gasteiger partial charge on any atom is -0.392 e. The van der Waals surface area contributed by atoms with Gasteiger partial charge in [-0.05, 0) is 35.8 Å². The summed E-state index contributed by atoms with van der Waals surface area (Å²) in [6.45, 7) is 1.88. The molecule has 0 unspecified atom stereocenters. The maximum absolute atomic E-state index is 13.6. The SMILES string of the molecule is CC(=CCO)c1ccc(-c2ccc(F)cc2F)cc1. The highest BCUT2D eigenvalue weighted by molar-refractivity contribution is 5.69. The van der Waals surface area contributed by atoms with Crippen molar-refractivity contribution in [1.82, 2.24) is 0 Å². The van der Waals surface area contributed by atoms with E-state index in [0.29, 0.717) is 11.1 Å². The predicted molar refractivity (Wildman–Crippen MR) is 72.5 cm³/mol. The van der Waals surface area contributed by atoms with Gasteiger partial charge in [0.05, 0.1) is 6.61 Å². The lowest BCUT2D eigenvalue weighted by Gasteiger charge is -2.06. The van der Waals surface area contributed by atoms with Crippen molar-refractivity contribution in [1.29, 1.82) is 0 Å². The van der Waals surface area contributed by atoms with Crippen molar-refractivity contribution in [2.75, 3.05) is 6.61 Å². The molecule has 1 N–H and O–H groups in total. The Kier molecular flexibility index (Phi) is 4.07. The van der Waals surface area contributed by atoms with E-state index >= 15 is 0 Å². The number of hydrogen-bond donors (Lipinski definition) is 1. The molecule has 2 rings (SSSR count). The summed E-state index contributed by atoms with van der Waals surface area (Å²) in [5, 5.41) is 8.83. The quantitative estimate of drug-likeness (QED) is 0.883. The first-order valence-corrected chi connectivity index (χ1v) is 5.95. The van der Waals surface area contributed by atoms with E-state index in [2.05, 4.69) is 0 Å². The van der Waals surface area contributed by atoms with Crippen molar-refractivity contribution in [3.05, 3.63) is 65.7 Å². The van der Waals surface area contributed by atoms with Crippen LogP contribution in [0.2, 0.25) is 0 Å². The Morgan fingerprint density at radius 2 is 1.79 bits per heavy atom. The second-order valence-electron chi connectivity index (χ2n) is 4.27. The maximum Gasteiger partial charge on any atom is 0.133 e. The van der Waals surface area contributed by atoms with E-state index in [-0.39, 0.29) is 6.61 Å². The van der Waals surface area contributed by atoms with E-state index in [0.717, 1.165) is 17.2 Å². The molecule has 0 aliphatic carbocycles. The van der Waals surface area contributed by atoms with Crippen molar-refractivity contribution in [3.63, 3.8) is 0 Å². The zero-order chi connectivity index (χ0) is 13.8. The molecule has 0 aromatic heterocycles. The summed E-state index contributed by atoms with van der Waals surface area (Å²) in [5.41, 5.74) is 2.98. The van der Waals surface area contributed by atoms with Gasteiger partial charge in [0.1, 0.15) is 11.6 Å². The van der Waals surface area contributed by atoms with Crippen molar-refractivity contribution in [3.8, 4) is 11.1 Å².